The van der Waals surface area contributed by atoms with E-state index in [1.807, 2.05) is 0 Å². The number of hydrogen-bond donors (Lipinski definition) is 0. The molecule has 1 aromatic carbocycles. The summed E-state index contributed by atoms with van der Waals surface area (Å²) in [4.78, 5) is 21.3. The molecule has 0 amide bonds. The molecular formula is C14H18ClNO5. The van der Waals surface area contributed by atoms with Gasteiger partial charge in [0.2, 0.25) is 0 Å². The minimum atomic E-state index is -0.497. The van der Waals surface area contributed by atoms with Gasteiger partial charge in [-0.05, 0) is 32.3 Å². The Hall–Kier alpha value is -1.82. The molecule has 0 aliphatic rings. The second-order valence-corrected chi connectivity index (χ2v) is 4.74. The van der Waals surface area contributed by atoms with Gasteiger partial charge in [-0.15, -0.1) is 0 Å². The van der Waals surface area contributed by atoms with E-state index < -0.39 is 4.92 Å². The van der Waals surface area contributed by atoms with Crippen molar-refractivity contribution in [3.05, 3.63) is 33.3 Å². The summed E-state index contributed by atoms with van der Waals surface area (Å²) in [5, 5.41) is 11.0. The molecule has 0 aromatic heterocycles. The van der Waals surface area contributed by atoms with Gasteiger partial charge in [0.05, 0.1) is 29.2 Å². The quantitative estimate of drug-likeness (QED) is 0.300. The van der Waals surface area contributed by atoms with E-state index in [9.17, 15) is 14.9 Å². The molecule has 7 heteroatoms. The number of hydrogen-bond acceptors (Lipinski definition) is 5. The third-order valence-electron chi connectivity index (χ3n) is 2.71. The first-order valence-electron chi connectivity index (χ1n) is 6.77. The largest absolute Gasteiger partial charge is 0.492 e. The average Bonchev–Trinajstić information content (AvgIpc) is 2.44. The summed E-state index contributed by atoms with van der Waals surface area (Å²) < 4.78 is 10.2. The van der Waals surface area contributed by atoms with Crippen molar-refractivity contribution in [2.75, 3.05) is 13.2 Å². The lowest BCUT2D eigenvalue weighted by atomic mass is 10.2. The fourth-order valence-electron chi connectivity index (χ4n) is 1.68. The number of rotatable bonds is 9. The van der Waals surface area contributed by atoms with Crippen LogP contribution in [-0.4, -0.2) is 24.1 Å². The lowest BCUT2D eigenvalue weighted by Crippen LogP contribution is -2.04. The summed E-state index contributed by atoms with van der Waals surface area (Å²) in [5.41, 5.74) is -0.0586. The third-order valence-corrected chi connectivity index (χ3v) is 3.03. The minimum absolute atomic E-state index is 0.0586. The van der Waals surface area contributed by atoms with Crippen molar-refractivity contribution in [3.8, 4) is 5.75 Å². The van der Waals surface area contributed by atoms with Gasteiger partial charge in [-0.1, -0.05) is 11.6 Å². The maximum absolute atomic E-state index is 11.1. The molecule has 0 spiro atoms. The molecular weight excluding hydrogens is 298 g/mol. The van der Waals surface area contributed by atoms with Crippen molar-refractivity contribution < 1.29 is 19.2 Å². The second-order valence-electron chi connectivity index (χ2n) is 4.34. The molecule has 6 nitrogen and oxygen atoms in total. The number of carbonyl (C=O) groups is 1. The first-order valence-corrected chi connectivity index (χ1v) is 7.14. The Kier molecular flexibility index (Phi) is 7.53. The van der Waals surface area contributed by atoms with Crippen LogP contribution >= 0.6 is 11.6 Å². The highest BCUT2D eigenvalue weighted by Gasteiger charge is 2.10. The van der Waals surface area contributed by atoms with Gasteiger partial charge in [-0.25, -0.2) is 0 Å². The number of halogens is 1. The maximum atomic E-state index is 11.1. The van der Waals surface area contributed by atoms with E-state index in [1.54, 1.807) is 6.92 Å². The highest BCUT2D eigenvalue weighted by molar-refractivity contribution is 6.32. The fraction of sp³-hybridized carbons (Fsp3) is 0.500. The van der Waals surface area contributed by atoms with Gasteiger partial charge in [0.1, 0.15) is 5.75 Å². The normalized spacial score (nSPS) is 10.2. The van der Waals surface area contributed by atoms with Crippen molar-refractivity contribution in [2.24, 2.45) is 0 Å². The highest BCUT2D eigenvalue weighted by Crippen LogP contribution is 2.28. The summed E-state index contributed by atoms with van der Waals surface area (Å²) in [6, 6.07) is 4.07. The van der Waals surface area contributed by atoms with Crippen molar-refractivity contribution >= 4 is 23.3 Å². The van der Waals surface area contributed by atoms with Crippen molar-refractivity contribution in [1.82, 2.24) is 0 Å². The summed E-state index contributed by atoms with van der Waals surface area (Å²) in [6.07, 6.45) is 2.67. The van der Waals surface area contributed by atoms with Crippen LogP contribution in [0.25, 0.3) is 0 Å². The van der Waals surface area contributed by atoms with Gasteiger partial charge < -0.3 is 9.47 Å². The van der Waals surface area contributed by atoms with E-state index in [4.69, 9.17) is 21.1 Å². The van der Waals surface area contributed by atoms with E-state index >= 15 is 0 Å². The SMILES string of the molecule is CCOC(=O)CCCCCOc1cc([N+](=O)[O-])ccc1Cl. The zero-order valence-electron chi connectivity index (χ0n) is 11.8. The van der Waals surface area contributed by atoms with Crippen LogP contribution in [-0.2, 0) is 9.53 Å². The molecule has 21 heavy (non-hydrogen) atoms. The smallest absolute Gasteiger partial charge is 0.305 e. The minimum Gasteiger partial charge on any atom is -0.492 e. The van der Waals surface area contributed by atoms with E-state index in [1.165, 1.54) is 18.2 Å². The summed E-state index contributed by atoms with van der Waals surface area (Å²) >= 11 is 5.91. The molecule has 0 atom stereocenters. The standard InChI is InChI=1S/C14H18ClNO5/c1-2-20-14(17)6-4-3-5-9-21-13-10-11(16(18)19)7-8-12(13)15/h7-8,10H,2-6,9H2,1H3. The van der Waals surface area contributed by atoms with Crippen LogP contribution in [0.1, 0.15) is 32.6 Å². The molecule has 0 saturated carbocycles. The summed E-state index contributed by atoms with van der Waals surface area (Å²) in [6.45, 7) is 2.56. The van der Waals surface area contributed by atoms with E-state index in [0.717, 1.165) is 19.3 Å². The Morgan fingerprint density at radius 2 is 2.10 bits per heavy atom. The molecule has 0 bridgehead atoms. The van der Waals surface area contributed by atoms with Crippen molar-refractivity contribution in [3.63, 3.8) is 0 Å². The van der Waals surface area contributed by atoms with Crippen LogP contribution in [0.4, 0.5) is 5.69 Å². The fourth-order valence-corrected chi connectivity index (χ4v) is 1.85. The van der Waals surface area contributed by atoms with Crippen LogP contribution in [0.5, 0.6) is 5.75 Å². The monoisotopic (exact) mass is 315 g/mol. The Balaban J connectivity index is 2.28. The molecule has 0 heterocycles. The summed E-state index contributed by atoms with van der Waals surface area (Å²) in [7, 11) is 0. The number of nitrogens with zero attached hydrogens (tertiary/aromatic N) is 1. The predicted molar refractivity (Wildman–Crippen MR) is 78.7 cm³/mol. The lowest BCUT2D eigenvalue weighted by Gasteiger charge is -2.07. The van der Waals surface area contributed by atoms with Crippen molar-refractivity contribution in [2.45, 2.75) is 32.6 Å². The van der Waals surface area contributed by atoms with Gasteiger partial charge in [0, 0.05) is 12.5 Å². The van der Waals surface area contributed by atoms with Gasteiger partial charge >= 0.3 is 5.97 Å². The molecule has 1 aromatic rings. The van der Waals surface area contributed by atoms with Crippen molar-refractivity contribution in [1.29, 1.82) is 0 Å². The third kappa shape index (κ3) is 6.44. The second kappa shape index (κ2) is 9.18. The Bertz CT molecular complexity index is 492. The summed E-state index contributed by atoms with van der Waals surface area (Å²) in [5.74, 6) is 0.108. The van der Waals surface area contributed by atoms with Crippen LogP contribution in [0, 0.1) is 10.1 Å². The predicted octanol–water partition coefficient (Wildman–Crippen LogP) is 3.75. The van der Waals surface area contributed by atoms with Gasteiger partial charge in [-0.3, -0.25) is 14.9 Å². The Labute approximate surface area is 128 Å². The number of nitro benzene ring substituents is 1. The first kappa shape index (κ1) is 17.2. The number of ether oxygens (including phenoxy) is 2. The van der Waals surface area contributed by atoms with Crippen LogP contribution in [0.2, 0.25) is 5.02 Å². The zero-order chi connectivity index (χ0) is 15.7. The Morgan fingerprint density at radius 3 is 2.76 bits per heavy atom. The Morgan fingerprint density at radius 1 is 1.33 bits per heavy atom. The maximum Gasteiger partial charge on any atom is 0.305 e. The number of carbonyl (C=O) groups excluding carboxylic acids is 1. The molecule has 0 fully saturated rings. The first-order chi connectivity index (χ1) is 10.0. The van der Waals surface area contributed by atoms with Gasteiger partial charge in [0.25, 0.3) is 5.69 Å². The van der Waals surface area contributed by atoms with E-state index in [2.05, 4.69) is 0 Å². The van der Waals surface area contributed by atoms with Gasteiger partial charge in [-0.2, -0.15) is 0 Å². The molecule has 1 rings (SSSR count). The molecule has 0 N–H and O–H groups in total. The lowest BCUT2D eigenvalue weighted by molar-refractivity contribution is -0.384. The number of non-ortho nitro benzene ring substituents is 1. The van der Waals surface area contributed by atoms with Gasteiger partial charge in [0.15, 0.2) is 0 Å². The number of nitro groups is 1. The highest BCUT2D eigenvalue weighted by atomic mass is 35.5. The molecule has 0 radical (unpaired) electrons. The zero-order valence-corrected chi connectivity index (χ0v) is 12.6. The average molecular weight is 316 g/mol. The molecule has 0 saturated heterocycles. The molecule has 0 unspecified atom stereocenters. The topological polar surface area (TPSA) is 78.7 Å². The molecule has 0 aliphatic carbocycles. The van der Waals surface area contributed by atoms with E-state index in [0.29, 0.717) is 30.4 Å². The van der Waals surface area contributed by atoms with Crippen LogP contribution in [0.15, 0.2) is 18.2 Å². The molecule has 0 aliphatic heterocycles. The number of benzene rings is 1. The number of unbranched alkanes of at least 4 members (excludes halogenated alkanes) is 2. The van der Waals surface area contributed by atoms with Crippen LogP contribution in [0.3, 0.4) is 0 Å². The molecule has 116 valence electrons. The van der Waals surface area contributed by atoms with E-state index in [-0.39, 0.29) is 11.7 Å². The number of esters is 1. The van der Waals surface area contributed by atoms with Crippen LogP contribution < -0.4 is 4.74 Å².